The number of benzene rings is 1. The minimum Gasteiger partial charge on any atom is -0.490 e. The van der Waals surface area contributed by atoms with Gasteiger partial charge in [-0.1, -0.05) is 11.8 Å². The fourth-order valence-electron chi connectivity index (χ4n) is 1.89. The topological polar surface area (TPSA) is 48.7 Å². The van der Waals surface area contributed by atoms with Crippen molar-refractivity contribution in [1.82, 2.24) is 0 Å². The molecule has 0 atom stereocenters. The Morgan fingerprint density at radius 3 is 2.65 bits per heavy atom. The molecule has 20 heavy (non-hydrogen) atoms. The third kappa shape index (κ3) is 2.82. The fraction of sp³-hybridized carbons (Fsp3) is 0.267. The molecule has 0 unspecified atom stereocenters. The highest BCUT2D eigenvalue weighted by Gasteiger charge is 2.13. The SMILES string of the molecule is CC(=O)c1ccc(Sc2ccc3c(c2)OCCCO3)o1. The molecule has 0 saturated heterocycles. The molecule has 0 aliphatic carbocycles. The van der Waals surface area contributed by atoms with Gasteiger partial charge in [-0.3, -0.25) is 4.79 Å². The van der Waals surface area contributed by atoms with Gasteiger partial charge in [0.2, 0.25) is 0 Å². The zero-order chi connectivity index (χ0) is 13.9. The Kier molecular flexibility index (Phi) is 3.69. The highest BCUT2D eigenvalue weighted by atomic mass is 32.2. The van der Waals surface area contributed by atoms with E-state index in [2.05, 4.69) is 0 Å². The summed E-state index contributed by atoms with van der Waals surface area (Å²) in [6.45, 7) is 2.83. The Morgan fingerprint density at radius 1 is 1.10 bits per heavy atom. The molecule has 1 aromatic carbocycles. The molecule has 0 saturated carbocycles. The van der Waals surface area contributed by atoms with E-state index in [9.17, 15) is 4.79 Å². The van der Waals surface area contributed by atoms with Crippen molar-refractivity contribution < 1.29 is 18.7 Å². The highest BCUT2D eigenvalue weighted by Crippen LogP contribution is 2.37. The molecule has 0 amide bonds. The average Bonchev–Trinajstić information content (AvgIpc) is 2.77. The summed E-state index contributed by atoms with van der Waals surface area (Å²) in [7, 11) is 0. The first-order chi connectivity index (χ1) is 9.72. The lowest BCUT2D eigenvalue weighted by atomic mass is 10.3. The maximum absolute atomic E-state index is 11.2. The summed E-state index contributed by atoms with van der Waals surface area (Å²) in [5.74, 6) is 1.83. The van der Waals surface area contributed by atoms with Gasteiger partial charge in [0.25, 0.3) is 0 Å². The number of hydrogen-bond acceptors (Lipinski definition) is 5. The number of ketones is 1. The first-order valence-electron chi connectivity index (χ1n) is 6.40. The molecule has 0 bridgehead atoms. The van der Waals surface area contributed by atoms with E-state index in [-0.39, 0.29) is 5.78 Å². The molecular formula is C15H14O4S. The first-order valence-corrected chi connectivity index (χ1v) is 7.22. The summed E-state index contributed by atoms with van der Waals surface area (Å²) in [6.07, 6.45) is 0.886. The Morgan fingerprint density at radius 2 is 1.90 bits per heavy atom. The number of carbonyl (C=O) groups excluding carboxylic acids is 1. The minimum atomic E-state index is -0.0736. The summed E-state index contributed by atoms with van der Waals surface area (Å²) < 4.78 is 16.7. The number of fused-ring (bicyclic) bond motifs is 1. The molecule has 4 nitrogen and oxygen atoms in total. The van der Waals surface area contributed by atoms with Crippen LogP contribution >= 0.6 is 11.8 Å². The fourth-order valence-corrected chi connectivity index (χ4v) is 2.69. The van der Waals surface area contributed by atoms with Crippen LogP contribution in [0, 0.1) is 0 Å². The lowest BCUT2D eigenvalue weighted by Gasteiger charge is -2.08. The van der Waals surface area contributed by atoms with Crippen LogP contribution in [0.2, 0.25) is 0 Å². The molecule has 3 rings (SSSR count). The third-order valence-corrected chi connectivity index (χ3v) is 3.78. The van der Waals surface area contributed by atoms with Crippen LogP contribution in [0.4, 0.5) is 0 Å². The lowest BCUT2D eigenvalue weighted by Crippen LogP contribution is -1.97. The van der Waals surface area contributed by atoms with Crippen molar-refractivity contribution in [2.75, 3.05) is 13.2 Å². The molecule has 1 aromatic heterocycles. The van der Waals surface area contributed by atoms with Gasteiger partial charge in [0.15, 0.2) is 28.1 Å². The van der Waals surface area contributed by atoms with Crippen molar-refractivity contribution in [2.24, 2.45) is 0 Å². The van der Waals surface area contributed by atoms with Gasteiger partial charge in [0.1, 0.15) is 0 Å². The van der Waals surface area contributed by atoms with Crippen LogP contribution in [0.1, 0.15) is 23.9 Å². The predicted octanol–water partition coefficient (Wildman–Crippen LogP) is 3.79. The lowest BCUT2D eigenvalue weighted by molar-refractivity contribution is 0.0982. The van der Waals surface area contributed by atoms with Gasteiger partial charge < -0.3 is 13.9 Å². The number of Topliss-reactive ketones (excluding diaryl/α,β-unsaturated/α-hetero) is 1. The second-order valence-electron chi connectivity index (χ2n) is 4.44. The van der Waals surface area contributed by atoms with Crippen molar-refractivity contribution in [3.05, 3.63) is 36.1 Å². The molecule has 1 aliphatic rings. The smallest absolute Gasteiger partial charge is 0.194 e. The van der Waals surface area contributed by atoms with Crippen LogP contribution in [-0.4, -0.2) is 19.0 Å². The van der Waals surface area contributed by atoms with E-state index in [1.54, 1.807) is 12.1 Å². The van der Waals surface area contributed by atoms with Crippen molar-refractivity contribution in [1.29, 1.82) is 0 Å². The van der Waals surface area contributed by atoms with Crippen LogP contribution in [0.25, 0.3) is 0 Å². The van der Waals surface area contributed by atoms with E-state index < -0.39 is 0 Å². The van der Waals surface area contributed by atoms with Crippen LogP contribution < -0.4 is 9.47 Å². The summed E-state index contributed by atoms with van der Waals surface area (Å²) in [5.41, 5.74) is 0. The van der Waals surface area contributed by atoms with Gasteiger partial charge in [-0.15, -0.1) is 0 Å². The molecule has 0 radical (unpaired) electrons. The van der Waals surface area contributed by atoms with E-state index in [0.717, 1.165) is 22.8 Å². The Balaban J connectivity index is 1.80. The number of carbonyl (C=O) groups is 1. The van der Waals surface area contributed by atoms with Gasteiger partial charge in [-0.05, 0) is 30.3 Å². The van der Waals surface area contributed by atoms with Gasteiger partial charge >= 0.3 is 0 Å². The van der Waals surface area contributed by atoms with Crippen LogP contribution in [0.15, 0.2) is 44.7 Å². The Hall–Kier alpha value is -1.88. The van der Waals surface area contributed by atoms with Crippen LogP contribution in [-0.2, 0) is 0 Å². The number of hydrogen-bond donors (Lipinski definition) is 0. The van der Waals surface area contributed by atoms with Crippen molar-refractivity contribution in [2.45, 2.75) is 23.3 Å². The van der Waals surface area contributed by atoms with Gasteiger partial charge in [-0.25, -0.2) is 0 Å². The van der Waals surface area contributed by atoms with Crippen LogP contribution in [0.5, 0.6) is 11.5 Å². The zero-order valence-corrected chi connectivity index (χ0v) is 11.9. The van der Waals surface area contributed by atoms with Crippen molar-refractivity contribution >= 4 is 17.5 Å². The summed E-state index contributed by atoms with van der Waals surface area (Å²) in [5, 5.41) is 0.685. The monoisotopic (exact) mass is 290 g/mol. The molecule has 2 aromatic rings. The van der Waals surface area contributed by atoms with E-state index >= 15 is 0 Å². The second-order valence-corrected chi connectivity index (χ2v) is 5.51. The average molecular weight is 290 g/mol. The maximum Gasteiger partial charge on any atom is 0.194 e. The molecule has 5 heteroatoms. The van der Waals surface area contributed by atoms with Gasteiger partial charge in [-0.2, -0.15) is 0 Å². The predicted molar refractivity (Wildman–Crippen MR) is 74.9 cm³/mol. The summed E-state index contributed by atoms with van der Waals surface area (Å²) in [4.78, 5) is 12.2. The van der Waals surface area contributed by atoms with Gasteiger partial charge in [0.05, 0.1) is 13.2 Å². The standard InChI is InChI=1S/C15H14O4S/c1-10(16)12-5-6-15(19-12)20-11-3-4-13-14(9-11)18-8-2-7-17-13/h3-6,9H,2,7-8H2,1H3. The second kappa shape index (κ2) is 5.63. The number of furan rings is 1. The van der Waals surface area contributed by atoms with E-state index in [1.165, 1.54) is 18.7 Å². The molecule has 104 valence electrons. The number of ether oxygens (including phenoxy) is 2. The normalized spacial score (nSPS) is 13.8. The van der Waals surface area contributed by atoms with E-state index in [4.69, 9.17) is 13.9 Å². The molecule has 0 N–H and O–H groups in total. The first kappa shape index (κ1) is 13.1. The molecule has 0 spiro atoms. The van der Waals surface area contributed by atoms with E-state index in [1.807, 2.05) is 18.2 Å². The Labute approximate surface area is 121 Å². The van der Waals surface area contributed by atoms with Crippen LogP contribution in [0.3, 0.4) is 0 Å². The zero-order valence-electron chi connectivity index (χ0n) is 11.0. The summed E-state index contributed by atoms with van der Waals surface area (Å²) in [6, 6.07) is 9.27. The van der Waals surface area contributed by atoms with Crippen molar-refractivity contribution in [3.8, 4) is 11.5 Å². The molecule has 1 aliphatic heterocycles. The van der Waals surface area contributed by atoms with E-state index in [0.29, 0.717) is 24.1 Å². The molecule has 2 heterocycles. The quantitative estimate of drug-likeness (QED) is 0.805. The Bertz CT molecular complexity index is 633. The van der Waals surface area contributed by atoms with Crippen molar-refractivity contribution in [3.63, 3.8) is 0 Å². The minimum absolute atomic E-state index is 0.0736. The molecular weight excluding hydrogens is 276 g/mol. The summed E-state index contributed by atoms with van der Waals surface area (Å²) >= 11 is 1.45. The highest BCUT2D eigenvalue weighted by molar-refractivity contribution is 7.99. The third-order valence-electron chi connectivity index (χ3n) is 2.87. The largest absolute Gasteiger partial charge is 0.490 e. The molecule has 0 fully saturated rings. The number of rotatable bonds is 3. The van der Waals surface area contributed by atoms with Gasteiger partial charge in [0, 0.05) is 18.2 Å². The maximum atomic E-state index is 11.2.